The van der Waals surface area contributed by atoms with Gasteiger partial charge in [0.15, 0.2) is 0 Å². The fourth-order valence-corrected chi connectivity index (χ4v) is 1.51. The molecule has 0 N–H and O–H groups in total. The van der Waals surface area contributed by atoms with Gasteiger partial charge >= 0.3 is 0 Å². The molecule has 1 rings (SSSR count). The number of benzene rings is 1. The third-order valence-corrected chi connectivity index (χ3v) is 2.52. The normalized spacial score (nSPS) is 13.0. The number of hydrogen-bond donors (Lipinski definition) is 0. The summed E-state index contributed by atoms with van der Waals surface area (Å²) in [6.45, 7) is 0. The Hall–Kier alpha value is -1.61. The molecule has 1 aromatic carbocycles. The smallest absolute Gasteiger partial charge is 0.243 e. The predicted molar refractivity (Wildman–Crippen MR) is 71.6 cm³/mol. The number of hydrogen-bond acceptors (Lipinski definition) is 2. The molecule has 0 heterocycles. The van der Waals surface area contributed by atoms with Crippen molar-refractivity contribution in [2.75, 3.05) is 28.2 Å². The van der Waals surface area contributed by atoms with Gasteiger partial charge in [0, 0.05) is 14.1 Å². The molecule has 0 aliphatic rings. The summed E-state index contributed by atoms with van der Waals surface area (Å²) in [4.78, 5) is 15.5. The van der Waals surface area contributed by atoms with Gasteiger partial charge in [0.25, 0.3) is 0 Å². The highest BCUT2D eigenvalue weighted by Gasteiger charge is 2.18. The lowest BCUT2D eigenvalue weighted by atomic mass is 10.1. The van der Waals surface area contributed by atoms with Gasteiger partial charge in [-0.3, -0.25) is 9.69 Å². The average molecular weight is 232 g/mol. The predicted octanol–water partition coefficient (Wildman–Crippen LogP) is 1.72. The molecule has 0 aromatic heterocycles. The van der Waals surface area contributed by atoms with Crippen LogP contribution in [0.5, 0.6) is 0 Å². The van der Waals surface area contributed by atoms with Crippen molar-refractivity contribution in [3.8, 4) is 0 Å². The standard InChI is InChI=1S/C14H20N2O/c1-15(2)13(14(17)16(3)4)11-10-12-8-6-5-7-9-12/h5-11,13H,1-4H3/b11-10+. The van der Waals surface area contributed by atoms with Crippen molar-refractivity contribution in [2.24, 2.45) is 0 Å². The topological polar surface area (TPSA) is 23.6 Å². The van der Waals surface area contributed by atoms with Crippen LogP contribution in [0.1, 0.15) is 5.56 Å². The summed E-state index contributed by atoms with van der Waals surface area (Å²) in [6, 6.07) is 9.76. The van der Waals surface area contributed by atoms with E-state index in [9.17, 15) is 4.79 Å². The molecule has 0 saturated carbocycles. The Balaban J connectivity index is 2.81. The van der Waals surface area contributed by atoms with E-state index in [1.165, 1.54) is 0 Å². The second kappa shape index (κ2) is 6.21. The second-order valence-corrected chi connectivity index (χ2v) is 4.41. The Labute approximate surface area is 103 Å². The van der Waals surface area contributed by atoms with Crippen molar-refractivity contribution in [3.63, 3.8) is 0 Å². The molecule has 0 aliphatic carbocycles. The number of amides is 1. The molecule has 1 amide bonds. The van der Waals surface area contributed by atoms with Gasteiger partial charge in [-0.05, 0) is 19.7 Å². The largest absolute Gasteiger partial charge is 0.347 e. The molecule has 0 fully saturated rings. The molecule has 0 spiro atoms. The number of carbonyl (C=O) groups is 1. The fourth-order valence-electron chi connectivity index (χ4n) is 1.51. The molecule has 3 nitrogen and oxygen atoms in total. The Kier molecular flexibility index (Phi) is 4.91. The first-order valence-electron chi connectivity index (χ1n) is 5.63. The number of rotatable bonds is 4. The highest BCUT2D eigenvalue weighted by molar-refractivity contribution is 5.84. The van der Waals surface area contributed by atoms with E-state index in [0.29, 0.717) is 0 Å². The quantitative estimate of drug-likeness (QED) is 0.789. The first-order chi connectivity index (χ1) is 8.02. The maximum atomic E-state index is 11.9. The van der Waals surface area contributed by atoms with E-state index < -0.39 is 0 Å². The third kappa shape index (κ3) is 4.04. The molecule has 0 bridgehead atoms. The van der Waals surface area contributed by atoms with Crippen LogP contribution in [0.25, 0.3) is 6.08 Å². The van der Waals surface area contributed by atoms with Crippen LogP contribution in [0.2, 0.25) is 0 Å². The molecule has 1 aromatic rings. The van der Waals surface area contributed by atoms with Crippen molar-refractivity contribution >= 4 is 12.0 Å². The summed E-state index contributed by atoms with van der Waals surface area (Å²) in [5.74, 6) is 0.0854. The van der Waals surface area contributed by atoms with E-state index in [1.54, 1.807) is 19.0 Å². The van der Waals surface area contributed by atoms with Crippen LogP contribution in [0, 0.1) is 0 Å². The lowest BCUT2D eigenvalue weighted by molar-refractivity contribution is -0.131. The van der Waals surface area contributed by atoms with Crippen LogP contribution in [-0.2, 0) is 4.79 Å². The van der Waals surface area contributed by atoms with E-state index in [-0.39, 0.29) is 11.9 Å². The van der Waals surface area contributed by atoms with E-state index in [4.69, 9.17) is 0 Å². The molecule has 92 valence electrons. The number of nitrogens with zero attached hydrogens (tertiary/aromatic N) is 2. The molecule has 0 saturated heterocycles. The zero-order valence-electron chi connectivity index (χ0n) is 10.9. The molecule has 17 heavy (non-hydrogen) atoms. The minimum atomic E-state index is -0.217. The van der Waals surface area contributed by atoms with Gasteiger partial charge in [0.2, 0.25) is 5.91 Å². The van der Waals surface area contributed by atoms with Gasteiger partial charge in [-0.1, -0.05) is 42.5 Å². The first-order valence-corrected chi connectivity index (χ1v) is 5.63. The van der Waals surface area contributed by atoms with Gasteiger partial charge in [-0.15, -0.1) is 0 Å². The average Bonchev–Trinajstić information content (AvgIpc) is 2.29. The van der Waals surface area contributed by atoms with E-state index in [0.717, 1.165) is 5.56 Å². The lowest BCUT2D eigenvalue weighted by Crippen LogP contribution is -2.41. The molecule has 1 atom stereocenters. The van der Waals surface area contributed by atoms with Gasteiger partial charge in [0.1, 0.15) is 6.04 Å². The number of likely N-dealkylation sites (N-methyl/N-ethyl adjacent to an activating group) is 2. The summed E-state index contributed by atoms with van der Waals surface area (Å²) >= 11 is 0. The highest BCUT2D eigenvalue weighted by Crippen LogP contribution is 2.06. The summed E-state index contributed by atoms with van der Waals surface area (Å²) < 4.78 is 0. The van der Waals surface area contributed by atoms with Crippen molar-refractivity contribution < 1.29 is 4.79 Å². The maximum absolute atomic E-state index is 11.9. The maximum Gasteiger partial charge on any atom is 0.243 e. The zero-order chi connectivity index (χ0) is 12.8. The van der Waals surface area contributed by atoms with E-state index in [2.05, 4.69) is 0 Å². The third-order valence-electron chi connectivity index (χ3n) is 2.52. The molecule has 3 heteroatoms. The second-order valence-electron chi connectivity index (χ2n) is 4.41. The van der Waals surface area contributed by atoms with Crippen molar-refractivity contribution in [1.29, 1.82) is 0 Å². The molecule has 0 radical (unpaired) electrons. The van der Waals surface area contributed by atoms with E-state index in [1.807, 2.05) is 61.5 Å². The van der Waals surface area contributed by atoms with Gasteiger partial charge in [-0.2, -0.15) is 0 Å². The summed E-state index contributed by atoms with van der Waals surface area (Å²) in [5.41, 5.74) is 1.10. The van der Waals surface area contributed by atoms with Crippen LogP contribution >= 0.6 is 0 Å². The van der Waals surface area contributed by atoms with Crippen LogP contribution in [0.3, 0.4) is 0 Å². The Morgan fingerprint density at radius 3 is 2.18 bits per heavy atom. The summed E-state index contributed by atoms with van der Waals surface area (Å²) in [7, 11) is 7.35. The Bertz CT molecular complexity index is 382. The summed E-state index contributed by atoms with van der Waals surface area (Å²) in [5, 5.41) is 0. The molecular formula is C14H20N2O. The van der Waals surface area contributed by atoms with Crippen molar-refractivity contribution in [3.05, 3.63) is 42.0 Å². The Morgan fingerprint density at radius 2 is 1.71 bits per heavy atom. The zero-order valence-corrected chi connectivity index (χ0v) is 10.9. The van der Waals surface area contributed by atoms with Crippen LogP contribution < -0.4 is 0 Å². The van der Waals surface area contributed by atoms with Gasteiger partial charge < -0.3 is 4.90 Å². The SMILES string of the molecule is CN(C)C(=O)C(/C=C/c1ccccc1)N(C)C. The number of carbonyl (C=O) groups excluding carboxylic acids is 1. The van der Waals surface area contributed by atoms with E-state index >= 15 is 0 Å². The Morgan fingerprint density at radius 1 is 1.12 bits per heavy atom. The van der Waals surface area contributed by atoms with Crippen LogP contribution in [-0.4, -0.2) is 49.9 Å². The van der Waals surface area contributed by atoms with Gasteiger partial charge in [0.05, 0.1) is 0 Å². The fraction of sp³-hybridized carbons (Fsp3) is 0.357. The van der Waals surface area contributed by atoms with Crippen LogP contribution in [0.15, 0.2) is 36.4 Å². The molecule has 1 unspecified atom stereocenters. The lowest BCUT2D eigenvalue weighted by Gasteiger charge is -2.23. The van der Waals surface area contributed by atoms with Crippen molar-refractivity contribution in [1.82, 2.24) is 9.80 Å². The minimum absolute atomic E-state index is 0.0854. The van der Waals surface area contributed by atoms with Crippen molar-refractivity contribution in [2.45, 2.75) is 6.04 Å². The van der Waals surface area contributed by atoms with Crippen LogP contribution in [0.4, 0.5) is 0 Å². The summed E-state index contributed by atoms with van der Waals surface area (Å²) in [6.07, 6.45) is 3.91. The minimum Gasteiger partial charge on any atom is -0.347 e. The molecular weight excluding hydrogens is 212 g/mol. The van der Waals surface area contributed by atoms with Gasteiger partial charge in [-0.25, -0.2) is 0 Å². The monoisotopic (exact) mass is 232 g/mol. The highest BCUT2D eigenvalue weighted by atomic mass is 16.2. The molecule has 0 aliphatic heterocycles. The first kappa shape index (κ1) is 13.5.